The van der Waals surface area contributed by atoms with Gasteiger partial charge in [-0.3, -0.25) is 9.59 Å². The second-order valence-corrected chi connectivity index (χ2v) is 9.40. The Labute approximate surface area is 196 Å². The van der Waals surface area contributed by atoms with E-state index in [4.69, 9.17) is 4.98 Å². The van der Waals surface area contributed by atoms with E-state index in [0.29, 0.717) is 0 Å². The van der Waals surface area contributed by atoms with Crippen molar-refractivity contribution in [3.05, 3.63) is 29.8 Å². The Morgan fingerprint density at radius 2 is 1.73 bits per heavy atom. The largest absolute Gasteiger partial charge is 0.354 e. The number of piperazine rings is 1. The molecule has 2 fully saturated rings. The maximum Gasteiger partial charge on any atom is 0.224 e. The minimum atomic E-state index is -0.135. The zero-order chi connectivity index (χ0) is 23.2. The number of carbonyl (C=O) groups is 2. The van der Waals surface area contributed by atoms with E-state index in [9.17, 15) is 9.59 Å². The van der Waals surface area contributed by atoms with Crippen molar-refractivity contribution < 1.29 is 9.59 Å². The molecule has 1 saturated carbocycles. The molecule has 1 saturated heterocycles. The van der Waals surface area contributed by atoms with Crippen LogP contribution >= 0.6 is 0 Å². The van der Waals surface area contributed by atoms with Crippen LogP contribution in [0.25, 0.3) is 10.9 Å². The number of benzene rings is 1. The summed E-state index contributed by atoms with van der Waals surface area (Å²) in [5, 5.41) is 7.06. The third-order valence-corrected chi connectivity index (χ3v) is 6.98. The fourth-order valence-electron chi connectivity index (χ4n) is 4.91. The lowest BCUT2D eigenvalue weighted by Gasteiger charge is -2.35. The van der Waals surface area contributed by atoms with Crippen LogP contribution in [-0.2, 0) is 9.59 Å². The smallest absolute Gasteiger partial charge is 0.224 e. The van der Waals surface area contributed by atoms with Gasteiger partial charge in [-0.2, -0.15) is 0 Å². The Hall–Kier alpha value is -2.67. The number of aryl methyl sites for hydroxylation is 1. The Morgan fingerprint density at radius 1 is 1.00 bits per heavy atom. The summed E-state index contributed by atoms with van der Waals surface area (Å²) >= 11 is 0. The number of anilines is 2. The number of likely N-dealkylation sites (N-methyl/N-ethyl adjacent to an activating group) is 1. The van der Waals surface area contributed by atoms with E-state index in [1.165, 1.54) is 19.3 Å². The molecule has 2 aromatic rings. The van der Waals surface area contributed by atoms with E-state index in [1.54, 1.807) is 0 Å². The molecule has 4 rings (SSSR count). The third kappa shape index (κ3) is 6.22. The van der Waals surface area contributed by atoms with E-state index < -0.39 is 0 Å². The highest BCUT2D eigenvalue weighted by molar-refractivity contribution is 5.96. The maximum atomic E-state index is 12.4. The highest BCUT2D eigenvalue weighted by Crippen LogP contribution is 2.26. The van der Waals surface area contributed by atoms with Crippen molar-refractivity contribution in [1.82, 2.24) is 15.2 Å². The van der Waals surface area contributed by atoms with Gasteiger partial charge in [0.2, 0.25) is 11.8 Å². The zero-order valence-electron chi connectivity index (χ0n) is 20.0. The maximum absolute atomic E-state index is 12.4. The molecule has 1 aromatic carbocycles. The Balaban J connectivity index is 1.33. The van der Waals surface area contributed by atoms with Crippen LogP contribution < -0.4 is 15.5 Å². The number of nitrogens with one attached hydrogen (secondary N) is 2. The molecule has 1 aromatic heterocycles. The number of amides is 2. The fraction of sp³-hybridized carbons (Fsp3) is 0.577. The normalized spacial score (nSPS) is 17.8. The molecule has 2 aliphatic rings. The molecule has 2 amide bonds. The number of pyridine rings is 1. The van der Waals surface area contributed by atoms with Gasteiger partial charge in [0.15, 0.2) is 0 Å². The minimum Gasteiger partial charge on any atom is -0.354 e. The lowest BCUT2D eigenvalue weighted by Crippen LogP contribution is -2.46. The van der Waals surface area contributed by atoms with Crippen LogP contribution in [-0.4, -0.2) is 60.5 Å². The average Bonchev–Trinajstić information content (AvgIpc) is 2.84. The standard InChI is InChI=1S/C26H37N5O2/c1-3-30-13-15-31(16-14-30)24-17-19(2)22-18-21(9-10-23(22)29-24)28-26(33)12-11-25(32)27-20-7-5-4-6-8-20/h9-10,17-18,20H,3-8,11-16H2,1-2H3,(H,27,32)(H,28,33). The first-order valence-corrected chi connectivity index (χ1v) is 12.5. The Kier molecular flexibility index (Phi) is 7.81. The van der Waals surface area contributed by atoms with Crippen LogP contribution in [0, 0.1) is 6.92 Å². The predicted octanol–water partition coefficient (Wildman–Crippen LogP) is 3.85. The number of nitrogens with zero attached hydrogens (tertiary/aromatic N) is 3. The summed E-state index contributed by atoms with van der Waals surface area (Å²) in [6, 6.07) is 8.28. The van der Waals surface area contributed by atoms with Crippen LogP contribution in [0.2, 0.25) is 0 Å². The predicted molar refractivity (Wildman–Crippen MR) is 134 cm³/mol. The van der Waals surface area contributed by atoms with E-state index in [1.807, 2.05) is 18.2 Å². The van der Waals surface area contributed by atoms with Crippen LogP contribution in [0.4, 0.5) is 11.5 Å². The molecule has 1 aliphatic carbocycles. The lowest BCUT2D eigenvalue weighted by atomic mass is 9.95. The summed E-state index contributed by atoms with van der Waals surface area (Å²) in [5.41, 5.74) is 2.83. The van der Waals surface area contributed by atoms with Crippen LogP contribution in [0.5, 0.6) is 0 Å². The van der Waals surface area contributed by atoms with Crippen molar-refractivity contribution in [2.45, 2.75) is 64.8 Å². The average molecular weight is 452 g/mol. The van der Waals surface area contributed by atoms with Crippen molar-refractivity contribution >= 4 is 34.2 Å². The van der Waals surface area contributed by atoms with Gasteiger partial charge in [0.05, 0.1) is 5.52 Å². The molecule has 0 radical (unpaired) electrons. The summed E-state index contributed by atoms with van der Waals surface area (Å²) in [4.78, 5) is 34.3. The number of aromatic nitrogens is 1. The van der Waals surface area contributed by atoms with Crippen molar-refractivity contribution in [3.8, 4) is 0 Å². The van der Waals surface area contributed by atoms with Gasteiger partial charge in [-0.15, -0.1) is 0 Å². The van der Waals surface area contributed by atoms with E-state index in [-0.39, 0.29) is 30.7 Å². The molecule has 0 bridgehead atoms. The number of hydrogen-bond donors (Lipinski definition) is 2. The van der Waals surface area contributed by atoms with Crippen molar-refractivity contribution in [2.75, 3.05) is 42.9 Å². The van der Waals surface area contributed by atoms with Gasteiger partial charge in [0.1, 0.15) is 5.82 Å². The molecule has 7 heteroatoms. The highest BCUT2D eigenvalue weighted by atomic mass is 16.2. The topological polar surface area (TPSA) is 77.6 Å². The summed E-state index contributed by atoms with van der Waals surface area (Å²) < 4.78 is 0. The first kappa shape index (κ1) is 23.5. The van der Waals surface area contributed by atoms with Crippen molar-refractivity contribution in [2.24, 2.45) is 0 Å². The Morgan fingerprint density at radius 3 is 2.45 bits per heavy atom. The molecule has 2 N–H and O–H groups in total. The number of hydrogen-bond acceptors (Lipinski definition) is 5. The molecule has 33 heavy (non-hydrogen) atoms. The summed E-state index contributed by atoms with van der Waals surface area (Å²) in [6.07, 6.45) is 6.14. The second kappa shape index (κ2) is 11.0. The second-order valence-electron chi connectivity index (χ2n) is 9.40. The van der Waals surface area contributed by atoms with Gasteiger partial charge < -0.3 is 20.4 Å². The molecule has 0 atom stereocenters. The molecule has 0 spiro atoms. The molecule has 7 nitrogen and oxygen atoms in total. The quantitative estimate of drug-likeness (QED) is 0.669. The summed E-state index contributed by atoms with van der Waals surface area (Å²) in [5.74, 6) is 0.864. The third-order valence-electron chi connectivity index (χ3n) is 6.98. The Bertz CT molecular complexity index is 978. The lowest BCUT2D eigenvalue weighted by molar-refractivity contribution is -0.125. The summed E-state index contributed by atoms with van der Waals surface area (Å²) in [7, 11) is 0. The van der Waals surface area contributed by atoms with E-state index in [2.05, 4.69) is 40.3 Å². The molecule has 178 valence electrons. The molecule has 2 heterocycles. The van der Waals surface area contributed by atoms with Gasteiger partial charge in [-0.25, -0.2) is 4.98 Å². The minimum absolute atomic E-state index is 0.0251. The van der Waals surface area contributed by atoms with E-state index in [0.717, 1.165) is 73.5 Å². The van der Waals surface area contributed by atoms with Crippen molar-refractivity contribution in [1.29, 1.82) is 0 Å². The van der Waals surface area contributed by atoms with Crippen molar-refractivity contribution in [3.63, 3.8) is 0 Å². The first-order valence-electron chi connectivity index (χ1n) is 12.5. The van der Waals surface area contributed by atoms with Gasteiger partial charge in [0, 0.05) is 56.1 Å². The molecular formula is C26H37N5O2. The highest BCUT2D eigenvalue weighted by Gasteiger charge is 2.19. The van der Waals surface area contributed by atoms with Crippen LogP contribution in [0.1, 0.15) is 57.4 Å². The van der Waals surface area contributed by atoms with Gasteiger partial charge >= 0.3 is 0 Å². The number of carbonyl (C=O) groups excluding carboxylic acids is 2. The molecular weight excluding hydrogens is 414 g/mol. The van der Waals surface area contributed by atoms with Gasteiger partial charge in [-0.05, 0) is 56.1 Å². The summed E-state index contributed by atoms with van der Waals surface area (Å²) in [6.45, 7) is 9.52. The molecule has 0 unspecified atom stereocenters. The zero-order valence-corrected chi connectivity index (χ0v) is 20.0. The first-order chi connectivity index (χ1) is 16.0. The number of rotatable bonds is 7. The van der Waals surface area contributed by atoms with Gasteiger partial charge in [-0.1, -0.05) is 26.2 Å². The SMILES string of the molecule is CCN1CCN(c2cc(C)c3cc(NC(=O)CCC(=O)NC4CCCCC4)ccc3n2)CC1. The van der Waals surface area contributed by atoms with E-state index >= 15 is 0 Å². The fourth-order valence-corrected chi connectivity index (χ4v) is 4.91. The van der Waals surface area contributed by atoms with Crippen LogP contribution in [0.3, 0.4) is 0 Å². The van der Waals surface area contributed by atoms with Crippen LogP contribution in [0.15, 0.2) is 24.3 Å². The molecule has 1 aliphatic heterocycles. The van der Waals surface area contributed by atoms with Gasteiger partial charge in [0.25, 0.3) is 0 Å². The number of fused-ring (bicyclic) bond motifs is 1. The monoisotopic (exact) mass is 451 g/mol.